The Morgan fingerprint density at radius 3 is 2.45 bits per heavy atom. The minimum Gasteiger partial charge on any atom is -0.354 e. The molecule has 2 aromatic rings. The Bertz CT molecular complexity index is 1070. The molecule has 2 N–H and O–H groups in total. The molecule has 1 aliphatic heterocycles. The Morgan fingerprint density at radius 1 is 1.16 bits per heavy atom. The molecule has 3 rings (SSSR count). The zero-order valence-electron chi connectivity index (χ0n) is 18.3. The number of carbonyl (C=O) groups excluding carboxylic acids is 2. The number of aromatic nitrogens is 4. The number of sulfonamides is 1. The van der Waals surface area contributed by atoms with E-state index < -0.39 is 21.8 Å². The largest absolute Gasteiger partial charge is 0.354 e. The molecule has 0 saturated carbocycles. The number of hydrogen-bond donors (Lipinski definition) is 2. The topological polar surface area (TPSA) is 131 Å². The summed E-state index contributed by atoms with van der Waals surface area (Å²) in [6.07, 6.45) is 4.25. The van der Waals surface area contributed by atoms with Crippen LogP contribution in [-0.4, -0.2) is 64.2 Å². The molecule has 3 heterocycles. The number of amides is 2. The summed E-state index contributed by atoms with van der Waals surface area (Å²) in [4.78, 5) is 25.2. The minimum absolute atomic E-state index is 0.0716. The SMILES string of the molecule is CCn1cc(S(=O)(=O)N2CCC[C@H](C(=O)Nc3cn(CC)nc3C(=O)NC)C2)c(C)n1. The summed E-state index contributed by atoms with van der Waals surface area (Å²) in [6.45, 7) is 6.96. The summed E-state index contributed by atoms with van der Waals surface area (Å²) in [5.74, 6) is -1.27. The summed E-state index contributed by atoms with van der Waals surface area (Å²) < 4.78 is 30.8. The Balaban J connectivity index is 1.78. The molecule has 1 fully saturated rings. The lowest BCUT2D eigenvalue weighted by Gasteiger charge is -2.31. The van der Waals surface area contributed by atoms with Crippen LogP contribution in [0.2, 0.25) is 0 Å². The number of nitrogens with zero attached hydrogens (tertiary/aromatic N) is 5. The van der Waals surface area contributed by atoms with E-state index in [1.165, 1.54) is 17.5 Å². The maximum atomic E-state index is 13.2. The van der Waals surface area contributed by atoms with Crippen molar-refractivity contribution in [3.63, 3.8) is 0 Å². The van der Waals surface area contributed by atoms with Crippen molar-refractivity contribution in [2.24, 2.45) is 5.92 Å². The molecule has 170 valence electrons. The molecule has 0 unspecified atom stereocenters. The third kappa shape index (κ3) is 4.64. The standard InChI is InChI=1S/C19H29N7O4S/c1-5-24-11-15(17(23-24)19(28)20-4)21-18(27)14-8-7-9-26(10-14)31(29,30)16-12-25(6-2)22-13(16)3/h11-12,14H,5-10H2,1-4H3,(H,20,28)(H,21,27)/t14-/m0/s1. The van der Waals surface area contributed by atoms with Gasteiger partial charge in [0.2, 0.25) is 15.9 Å². The normalized spacial score (nSPS) is 17.5. The van der Waals surface area contributed by atoms with Crippen molar-refractivity contribution < 1.29 is 18.0 Å². The molecule has 0 aliphatic carbocycles. The zero-order valence-corrected chi connectivity index (χ0v) is 19.1. The fraction of sp³-hybridized carbons (Fsp3) is 0.579. The van der Waals surface area contributed by atoms with Gasteiger partial charge in [0.1, 0.15) is 4.90 Å². The highest BCUT2D eigenvalue weighted by molar-refractivity contribution is 7.89. The molecule has 2 aromatic heterocycles. The van der Waals surface area contributed by atoms with Crippen LogP contribution in [0.25, 0.3) is 0 Å². The van der Waals surface area contributed by atoms with Crippen LogP contribution in [0.1, 0.15) is 42.9 Å². The van der Waals surface area contributed by atoms with E-state index in [0.29, 0.717) is 43.9 Å². The number of carbonyl (C=O) groups is 2. The van der Waals surface area contributed by atoms with Gasteiger partial charge in [-0.15, -0.1) is 0 Å². The second kappa shape index (κ2) is 9.18. The van der Waals surface area contributed by atoms with Gasteiger partial charge in [-0.25, -0.2) is 8.42 Å². The molecule has 31 heavy (non-hydrogen) atoms. The summed E-state index contributed by atoms with van der Waals surface area (Å²) in [7, 11) is -2.27. The number of aryl methyl sites for hydroxylation is 3. The van der Waals surface area contributed by atoms with Gasteiger partial charge in [0.05, 0.1) is 17.3 Å². The molecule has 0 spiro atoms. The summed E-state index contributed by atoms with van der Waals surface area (Å²) in [6, 6.07) is 0. The number of anilines is 1. The van der Waals surface area contributed by atoms with Gasteiger partial charge in [0.15, 0.2) is 5.69 Å². The van der Waals surface area contributed by atoms with Gasteiger partial charge in [0, 0.05) is 45.6 Å². The van der Waals surface area contributed by atoms with Crippen molar-refractivity contribution in [2.75, 3.05) is 25.5 Å². The van der Waals surface area contributed by atoms with Crippen LogP contribution in [-0.2, 0) is 27.9 Å². The monoisotopic (exact) mass is 451 g/mol. The second-order valence-electron chi connectivity index (χ2n) is 7.45. The van der Waals surface area contributed by atoms with Gasteiger partial charge >= 0.3 is 0 Å². The Labute approximate surface area is 181 Å². The van der Waals surface area contributed by atoms with Gasteiger partial charge in [-0.2, -0.15) is 14.5 Å². The summed E-state index contributed by atoms with van der Waals surface area (Å²) in [5.41, 5.74) is 0.877. The minimum atomic E-state index is -3.76. The van der Waals surface area contributed by atoms with Crippen molar-refractivity contribution in [1.29, 1.82) is 0 Å². The molecular weight excluding hydrogens is 422 g/mol. The molecule has 12 heteroatoms. The van der Waals surface area contributed by atoms with Crippen molar-refractivity contribution in [1.82, 2.24) is 29.2 Å². The lowest BCUT2D eigenvalue weighted by Crippen LogP contribution is -2.43. The first-order valence-corrected chi connectivity index (χ1v) is 11.8. The highest BCUT2D eigenvalue weighted by Crippen LogP contribution is 2.26. The maximum Gasteiger partial charge on any atom is 0.273 e. The van der Waals surface area contributed by atoms with E-state index in [2.05, 4.69) is 20.8 Å². The van der Waals surface area contributed by atoms with E-state index in [4.69, 9.17) is 0 Å². The van der Waals surface area contributed by atoms with Crippen molar-refractivity contribution in [3.05, 3.63) is 23.8 Å². The number of rotatable bonds is 7. The van der Waals surface area contributed by atoms with E-state index in [1.54, 1.807) is 22.5 Å². The number of hydrogen-bond acceptors (Lipinski definition) is 6. The van der Waals surface area contributed by atoms with Gasteiger partial charge < -0.3 is 10.6 Å². The molecule has 2 amide bonds. The van der Waals surface area contributed by atoms with Crippen molar-refractivity contribution in [2.45, 2.75) is 51.6 Å². The molecule has 0 bridgehead atoms. The number of piperidine rings is 1. The first-order valence-electron chi connectivity index (χ1n) is 10.4. The number of nitrogens with one attached hydrogen (secondary N) is 2. The zero-order chi connectivity index (χ0) is 22.8. The average Bonchev–Trinajstić information content (AvgIpc) is 3.36. The molecule has 1 aliphatic rings. The highest BCUT2D eigenvalue weighted by atomic mass is 32.2. The van der Waals surface area contributed by atoms with Gasteiger partial charge in [0.25, 0.3) is 5.91 Å². The molecule has 0 aromatic carbocycles. The van der Waals surface area contributed by atoms with Crippen LogP contribution >= 0.6 is 0 Å². The van der Waals surface area contributed by atoms with E-state index in [0.717, 1.165) is 0 Å². The lowest BCUT2D eigenvalue weighted by atomic mass is 9.99. The van der Waals surface area contributed by atoms with E-state index >= 15 is 0 Å². The van der Waals surface area contributed by atoms with Crippen molar-refractivity contribution in [3.8, 4) is 0 Å². The molecule has 0 radical (unpaired) electrons. The fourth-order valence-electron chi connectivity index (χ4n) is 3.62. The average molecular weight is 452 g/mol. The van der Waals surface area contributed by atoms with Crippen LogP contribution in [0.5, 0.6) is 0 Å². The summed E-state index contributed by atoms with van der Waals surface area (Å²) in [5, 5.41) is 13.7. The van der Waals surface area contributed by atoms with Crippen LogP contribution in [0.3, 0.4) is 0 Å². The lowest BCUT2D eigenvalue weighted by molar-refractivity contribution is -0.120. The smallest absolute Gasteiger partial charge is 0.273 e. The molecule has 1 saturated heterocycles. The first-order chi connectivity index (χ1) is 14.7. The Morgan fingerprint density at radius 2 is 1.84 bits per heavy atom. The highest BCUT2D eigenvalue weighted by Gasteiger charge is 2.35. The van der Waals surface area contributed by atoms with Crippen LogP contribution in [0, 0.1) is 12.8 Å². The van der Waals surface area contributed by atoms with E-state index in [-0.39, 0.29) is 23.0 Å². The van der Waals surface area contributed by atoms with Crippen molar-refractivity contribution >= 4 is 27.5 Å². The molecule has 1 atom stereocenters. The van der Waals surface area contributed by atoms with Gasteiger partial charge in [-0.05, 0) is 33.6 Å². The fourth-order valence-corrected chi connectivity index (χ4v) is 5.32. The van der Waals surface area contributed by atoms with E-state index in [1.807, 2.05) is 13.8 Å². The first kappa shape index (κ1) is 22.9. The second-order valence-corrected chi connectivity index (χ2v) is 9.36. The maximum absolute atomic E-state index is 13.2. The third-order valence-corrected chi connectivity index (χ3v) is 7.35. The quantitative estimate of drug-likeness (QED) is 0.641. The van der Waals surface area contributed by atoms with Gasteiger partial charge in [-0.3, -0.25) is 19.0 Å². The van der Waals surface area contributed by atoms with Gasteiger partial charge in [-0.1, -0.05) is 0 Å². The molecule has 11 nitrogen and oxygen atoms in total. The third-order valence-electron chi connectivity index (χ3n) is 5.38. The van der Waals surface area contributed by atoms with Crippen LogP contribution in [0.15, 0.2) is 17.3 Å². The molecular formula is C19H29N7O4S. The van der Waals surface area contributed by atoms with Crippen LogP contribution < -0.4 is 10.6 Å². The predicted octanol–water partition coefficient (Wildman–Crippen LogP) is 0.827. The van der Waals surface area contributed by atoms with Crippen LogP contribution in [0.4, 0.5) is 5.69 Å². The Hall–Kier alpha value is -2.73. The Kier molecular flexibility index (Phi) is 6.80. The van der Waals surface area contributed by atoms with E-state index in [9.17, 15) is 18.0 Å². The summed E-state index contributed by atoms with van der Waals surface area (Å²) >= 11 is 0. The predicted molar refractivity (Wildman–Crippen MR) is 114 cm³/mol.